The van der Waals surface area contributed by atoms with Gasteiger partial charge in [-0.05, 0) is 54.7 Å². The fraction of sp³-hybridized carbons (Fsp3) is 0.136. The molecule has 33 heavy (non-hydrogen) atoms. The number of nitrogens with zero attached hydrogens (tertiary/aromatic N) is 3. The molecule has 0 aliphatic carbocycles. The number of alkyl halides is 3. The minimum absolute atomic E-state index is 0.00899. The highest BCUT2D eigenvalue weighted by atomic mass is 35.5. The predicted molar refractivity (Wildman–Crippen MR) is 115 cm³/mol. The molecule has 0 amide bonds. The van der Waals surface area contributed by atoms with Gasteiger partial charge in [0.1, 0.15) is 23.9 Å². The van der Waals surface area contributed by atoms with Crippen LogP contribution < -0.4 is 9.47 Å². The number of ether oxygens (including phenoxy) is 2. The molecule has 0 spiro atoms. The topological polar surface area (TPSA) is 72.4 Å². The molecule has 0 unspecified atom stereocenters. The van der Waals surface area contributed by atoms with E-state index in [4.69, 9.17) is 16.3 Å². The van der Waals surface area contributed by atoms with Gasteiger partial charge in [-0.3, -0.25) is 10.1 Å². The summed E-state index contributed by atoms with van der Waals surface area (Å²) >= 11 is 6.32. The van der Waals surface area contributed by atoms with Crippen LogP contribution in [0.15, 0.2) is 53.7 Å². The molecule has 11 heteroatoms. The van der Waals surface area contributed by atoms with E-state index in [0.29, 0.717) is 16.9 Å². The van der Waals surface area contributed by atoms with Crippen molar-refractivity contribution in [2.45, 2.75) is 19.5 Å². The SMILES string of the molecule is C=NCc1cc(-c2cc(OC(F)(F)F)ccc2F)c(OCc2[nH]nc3ncccc23)cc1Cl. The van der Waals surface area contributed by atoms with Crippen molar-refractivity contribution in [1.82, 2.24) is 15.2 Å². The average Bonchev–Trinajstić information content (AvgIpc) is 3.17. The van der Waals surface area contributed by atoms with Crippen LogP contribution in [-0.4, -0.2) is 28.3 Å². The first-order valence-electron chi connectivity index (χ1n) is 9.46. The summed E-state index contributed by atoms with van der Waals surface area (Å²) in [5.41, 5.74) is 1.60. The maximum absolute atomic E-state index is 14.7. The largest absolute Gasteiger partial charge is 0.573 e. The zero-order valence-corrected chi connectivity index (χ0v) is 17.5. The van der Waals surface area contributed by atoms with E-state index in [9.17, 15) is 17.6 Å². The number of hydrogen-bond acceptors (Lipinski definition) is 5. The van der Waals surface area contributed by atoms with Crippen LogP contribution in [0.3, 0.4) is 0 Å². The molecule has 0 saturated carbocycles. The van der Waals surface area contributed by atoms with E-state index in [2.05, 4.69) is 31.6 Å². The predicted octanol–water partition coefficient (Wildman–Crippen LogP) is 6.10. The summed E-state index contributed by atoms with van der Waals surface area (Å²) in [7, 11) is 0. The molecule has 0 bridgehead atoms. The molecule has 0 radical (unpaired) electrons. The van der Waals surface area contributed by atoms with Crippen molar-refractivity contribution >= 4 is 29.4 Å². The Labute approximate surface area is 189 Å². The third-order valence-corrected chi connectivity index (χ3v) is 5.02. The molecule has 0 aliphatic rings. The highest BCUT2D eigenvalue weighted by molar-refractivity contribution is 6.31. The van der Waals surface area contributed by atoms with Crippen molar-refractivity contribution in [3.05, 3.63) is 70.8 Å². The number of halogens is 5. The Hall–Kier alpha value is -3.66. The van der Waals surface area contributed by atoms with Gasteiger partial charge in [0.05, 0.1) is 12.2 Å². The number of aromatic nitrogens is 3. The molecular formula is C22H15ClF4N4O2. The maximum atomic E-state index is 14.7. The summed E-state index contributed by atoms with van der Waals surface area (Å²) in [5, 5.41) is 7.91. The monoisotopic (exact) mass is 478 g/mol. The van der Waals surface area contributed by atoms with E-state index >= 15 is 0 Å². The Bertz CT molecular complexity index is 1320. The summed E-state index contributed by atoms with van der Waals surface area (Å²) in [6.45, 7) is 3.52. The van der Waals surface area contributed by atoms with Crippen LogP contribution >= 0.6 is 11.6 Å². The smallest absolute Gasteiger partial charge is 0.487 e. The number of H-pyrrole nitrogens is 1. The van der Waals surface area contributed by atoms with Gasteiger partial charge in [-0.15, -0.1) is 13.2 Å². The standard InChI is InChI=1S/C22H15ClF4N4O2/c1-28-10-12-7-16(15-8-13(4-5-18(15)24)33-22(25,26)27)20(9-17(12)23)32-11-19-14-3-2-6-29-21(14)31-30-19/h2-9H,1,10-11H2,(H,29,30,31). The molecule has 4 rings (SSSR count). The second kappa shape index (κ2) is 9.07. The van der Waals surface area contributed by atoms with Gasteiger partial charge >= 0.3 is 6.36 Å². The Morgan fingerprint density at radius 1 is 1.12 bits per heavy atom. The van der Waals surface area contributed by atoms with Gasteiger partial charge in [0.2, 0.25) is 0 Å². The number of hydrogen-bond donors (Lipinski definition) is 1. The lowest BCUT2D eigenvalue weighted by Gasteiger charge is -2.16. The number of benzene rings is 2. The second-order valence-electron chi connectivity index (χ2n) is 6.88. The molecule has 2 aromatic carbocycles. The van der Waals surface area contributed by atoms with E-state index in [1.54, 1.807) is 18.3 Å². The molecule has 2 aromatic heterocycles. The van der Waals surface area contributed by atoms with Gasteiger partial charge in [0.15, 0.2) is 5.65 Å². The normalized spacial score (nSPS) is 11.5. The number of aliphatic imine (C=N–C) groups is 1. The van der Waals surface area contributed by atoms with Crippen molar-refractivity contribution in [2.24, 2.45) is 4.99 Å². The highest BCUT2D eigenvalue weighted by Gasteiger charge is 2.31. The van der Waals surface area contributed by atoms with E-state index < -0.39 is 17.9 Å². The Kier molecular flexibility index (Phi) is 6.19. The summed E-state index contributed by atoms with van der Waals surface area (Å²) in [6.07, 6.45) is -3.33. The van der Waals surface area contributed by atoms with Crippen LogP contribution in [0.25, 0.3) is 22.2 Å². The minimum Gasteiger partial charge on any atom is -0.487 e. The maximum Gasteiger partial charge on any atom is 0.573 e. The summed E-state index contributed by atoms with van der Waals surface area (Å²) < 4.78 is 62.6. The van der Waals surface area contributed by atoms with Gasteiger partial charge in [-0.25, -0.2) is 9.37 Å². The Morgan fingerprint density at radius 2 is 1.94 bits per heavy atom. The number of rotatable bonds is 7. The van der Waals surface area contributed by atoms with Crippen LogP contribution in [0.4, 0.5) is 17.6 Å². The van der Waals surface area contributed by atoms with Crippen molar-refractivity contribution in [2.75, 3.05) is 0 Å². The zero-order chi connectivity index (χ0) is 23.6. The number of pyridine rings is 1. The second-order valence-corrected chi connectivity index (χ2v) is 7.28. The molecule has 4 aromatic rings. The van der Waals surface area contributed by atoms with Gasteiger partial charge < -0.3 is 9.47 Å². The Balaban J connectivity index is 1.76. The summed E-state index contributed by atoms with van der Waals surface area (Å²) in [6, 6.07) is 9.20. The van der Waals surface area contributed by atoms with E-state index in [1.807, 2.05) is 0 Å². The first-order chi connectivity index (χ1) is 15.7. The van der Waals surface area contributed by atoms with Gasteiger partial charge in [0, 0.05) is 27.7 Å². The lowest BCUT2D eigenvalue weighted by Crippen LogP contribution is -2.17. The van der Waals surface area contributed by atoms with E-state index in [0.717, 1.165) is 23.6 Å². The third-order valence-electron chi connectivity index (χ3n) is 4.67. The molecule has 1 N–H and O–H groups in total. The molecule has 6 nitrogen and oxygen atoms in total. The van der Waals surface area contributed by atoms with Crippen molar-refractivity contribution in [3.63, 3.8) is 0 Å². The molecule has 170 valence electrons. The molecule has 0 aliphatic heterocycles. The lowest BCUT2D eigenvalue weighted by molar-refractivity contribution is -0.274. The number of aromatic amines is 1. The van der Waals surface area contributed by atoms with Crippen LogP contribution in [0.2, 0.25) is 5.02 Å². The first kappa shape index (κ1) is 22.5. The molecule has 0 fully saturated rings. The quantitative estimate of drug-likeness (QED) is 0.257. The third kappa shape index (κ3) is 5.06. The number of nitrogens with one attached hydrogen (secondary N) is 1. The van der Waals surface area contributed by atoms with Gasteiger partial charge in [0.25, 0.3) is 0 Å². The fourth-order valence-electron chi connectivity index (χ4n) is 3.24. The van der Waals surface area contributed by atoms with Crippen molar-refractivity contribution in [1.29, 1.82) is 0 Å². The zero-order valence-electron chi connectivity index (χ0n) is 16.8. The minimum atomic E-state index is -4.93. The molecule has 0 saturated heterocycles. The highest BCUT2D eigenvalue weighted by Crippen LogP contribution is 2.39. The van der Waals surface area contributed by atoms with Crippen LogP contribution in [0.5, 0.6) is 11.5 Å². The van der Waals surface area contributed by atoms with Gasteiger partial charge in [-0.1, -0.05) is 11.6 Å². The van der Waals surface area contributed by atoms with Crippen LogP contribution in [0.1, 0.15) is 11.3 Å². The summed E-state index contributed by atoms with van der Waals surface area (Å²) in [5.74, 6) is -1.21. The van der Waals surface area contributed by atoms with E-state index in [-0.39, 0.29) is 35.1 Å². The van der Waals surface area contributed by atoms with Crippen LogP contribution in [0, 0.1) is 5.82 Å². The van der Waals surface area contributed by atoms with Crippen molar-refractivity contribution in [3.8, 4) is 22.6 Å². The molecular weight excluding hydrogens is 464 g/mol. The number of fused-ring (bicyclic) bond motifs is 1. The van der Waals surface area contributed by atoms with E-state index in [1.165, 1.54) is 12.1 Å². The Morgan fingerprint density at radius 3 is 2.70 bits per heavy atom. The first-order valence-corrected chi connectivity index (χ1v) is 9.84. The van der Waals surface area contributed by atoms with Gasteiger partial charge in [-0.2, -0.15) is 5.10 Å². The van der Waals surface area contributed by atoms with Crippen LogP contribution in [-0.2, 0) is 13.2 Å². The molecule has 2 heterocycles. The van der Waals surface area contributed by atoms with Crippen molar-refractivity contribution < 1.29 is 27.0 Å². The average molecular weight is 479 g/mol. The summed E-state index contributed by atoms with van der Waals surface area (Å²) in [4.78, 5) is 7.91. The lowest BCUT2D eigenvalue weighted by atomic mass is 10.0. The molecule has 0 atom stereocenters. The fourth-order valence-corrected chi connectivity index (χ4v) is 3.45.